The Labute approximate surface area is 94.0 Å². The Balaban J connectivity index is 2.50. The molecule has 1 aliphatic rings. The van der Waals surface area contributed by atoms with Crippen molar-refractivity contribution < 1.29 is 14.6 Å². The maximum absolute atomic E-state index is 10.5. The molecular weight excluding hydrogens is 206 g/mol. The zero-order valence-corrected chi connectivity index (χ0v) is 9.23. The summed E-state index contributed by atoms with van der Waals surface area (Å²) in [5.41, 5.74) is 6.26. The maximum atomic E-state index is 10.5. The SMILES string of the molecule is CC1(C)Oc2ccc([C]=O)cc2[C@H](N)[C@H]1O. The topological polar surface area (TPSA) is 72.5 Å². The molecule has 0 fully saturated rings. The van der Waals surface area contributed by atoms with E-state index in [2.05, 4.69) is 0 Å². The molecule has 0 saturated carbocycles. The molecule has 2 atom stereocenters. The van der Waals surface area contributed by atoms with E-state index in [0.717, 1.165) is 0 Å². The van der Waals surface area contributed by atoms with Gasteiger partial charge in [-0.15, -0.1) is 0 Å². The Morgan fingerprint density at radius 2 is 2.19 bits per heavy atom. The van der Waals surface area contributed by atoms with Crippen LogP contribution < -0.4 is 10.5 Å². The summed E-state index contributed by atoms with van der Waals surface area (Å²) in [5, 5.41) is 9.97. The number of nitrogens with two attached hydrogens (primary N) is 1. The summed E-state index contributed by atoms with van der Waals surface area (Å²) in [4.78, 5) is 10.5. The molecule has 3 N–H and O–H groups in total. The van der Waals surface area contributed by atoms with Crippen molar-refractivity contribution >= 4 is 6.29 Å². The predicted octanol–water partition coefficient (Wildman–Crippen LogP) is 0.676. The van der Waals surface area contributed by atoms with Crippen LogP contribution >= 0.6 is 0 Å². The van der Waals surface area contributed by atoms with Crippen LogP contribution in [0.1, 0.15) is 31.0 Å². The zero-order valence-electron chi connectivity index (χ0n) is 9.23. The van der Waals surface area contributed by atoms with Gasteiger partial charge in [-0.25, -0.2) is 0 Å². The predicted molar refractivity (Wildman–Crippen MR) is 58.9 cm³/mol. The van der Waals surface area contributed by atoms with Crippen LogP contribution in [-0.4, -0.2) is 23.1 Å². The molecular formula is C12H14NO3. The Kier molecular flexibility index (Phi) is 2.48. The largest absolute Gasteiger partial charge is 0.485 e. The van der Waals surface area contributed by atoms with E-state index in [1.54, 1.807) is 38.3 Å². The average Bonchev–Trinajstić information content (AvgIpc) is 2.25. The number of aliphatic hydroxyl groups excluding tert-OH is 1. The summed E-state index contributed by atoms with van der Waals surface area (Å²) in [6.45, 7) is 3.56. The maximum Gasteiger partial charge on any atom is 0.233 e. The first-order valence-electron chi connectivity index (χ1n) is 5.10. The van der Waals surface area contributed by atoms with Gasteiger partial charge in [-0.1, -0.05) is 0 Å². The summed E-state index contributed by atoms with van der Waals surface area (Å²) in [6, 6.07) is 4.35. The van der Waals surface area contributed by atoms with Gasteiger partial charge in [0.05, 0.1) is 6.04 Å². The van der Waals surface area contributed by atoms with Gasteiger partial charge in [0.25, 0.3) is 0 Å². The van der Waals surface area contributed by atoms with Crippen molar-refractivity contribution in [1.29, 1.82) is 0 Å². The third-order valence-electron chi connectivity index (χ3n) is 2.91. The number of fused-ring (bicyclic) bond motifs is 1. The van der Waals surface area contributed by atoms with Crippen LogP contribution in [0.4, 0.5) is 0 Å². The molecule has 0 bridgehead atoms. The molecule has 1 heterocycles. The normalized spacial score (nSPS) is 26.8. The van der Waals surface area contributed by atoms with Crippen LogP contribution in [0.3, 0.4) is 0 Å². The van der Waals surface area contributed by atoms with Gasteiger partial charge in [0, 0.05) is 11.1 Å². The highest BCUT2D eigenvalue weighted by Crippen LogP contribution is 2.38. The molecule has 16 heavy (non-hydrogen) atoms. The Bertz CT molecular complexity index is 428. The third kappa shape index (κ3) is 1.60. The van der Waals surface area contributed by atoms with Gasteiger partial charge in [0.15, 0.2) is 0 Å². The van der Waals surface area contributed by atoms with Crippen LogP contribution in [0.5, 0.6) is 5.75 Å². The van der Waals surface area contributed by atoms with Crippen LogP contribution in [0, 0.1) is 0 Å². The van der Waals surface area contributed by atoms with Crippen molar-refractivity contribution in [2.75, 3.05) is 0 Å². The molecule has 0 saturated heterocycles. The highest BCUT2D eigenvalue weighted by molar-refractivity contribution is 5.76. The van der Waals surface area contributed by atoms with E-state index in [-0.39, 0.29) is 0 Å². The van der Waals surface area contributed by atoms with E-state index >= 15 is 0 Å². The number of hydrogen-bond donors (Lipinski definition) is 2. The second kappa shape index (κ2) is 3.57. The minimum Gasteiger partial charge on any atom is -0.485 e. The highest BCUT2D eigenvalue weighted by Gasteiger charge is 2.41. The molecule has 1 radical (unpaired) electrons. The number of aliphatic hydroxyl groups is 1. The minimum atomic E-state index is -0.804. The molecule has 0 unspecified atom stereocenters. The van der Waals surface area contributed by atoms with Crippen molar-refractivity contribution in [3.63, 3.8) is 0 Å². The molecule has 4 nitrogen and oxygen atoms in total. The Morgan fingerprint density at radius 3 is 2.81 bits per heavy atom. The first-order chi connectivity index (χ1) is 7.45. The fraction of sp³-hybridized carbons (Fsp3) is 0.417. The lowest BCUT2D eigenvalue weighted by atomic mass is 9.86. The molecule has 1 aromatic carbocycles. The van der Waals surface area contributed by atoms with E-state index in [4.69, 9.17) is 10.5 Å². The Morgan fingerprint density at radius 1 is 1.50 bits per heavy atom. The second-order valence-electron chi connectivity index (χ2n) is 4.53. The lowest BCUT2D eigenvalue weighted by Gasteiger charge is -2.40. The summed E-state index contributed by atoms with van der Waals surface area (Å²) in [6.07, 6.45) is 0.987. The monoisotopic (exact) mass is 220 g/mol. The van der Waals surface area contributed by atoms with E-state index < -0.39 is 17.7 Å². The smallest absolute Gasteiger partial charge is 0.233 e. The summed E-state index contributed by atoms with van der Waals surface area (Å²) < 4.78 is 5.64. The number of carbonyl (C=O) groups excluding carboxylic acids is 1. The third-order valence-corrected chi connectivity index (χ3v) is 2.91. The van der Waals surface area contributed by atoms with E-state index in [0.29, 0.717) is 16.9 Å². The summed E-state index contributed by atoms with van der Waals surface area (Å²) >= 11 is 0. The van der Waals surface area contributed by atoms with Gasteiger partial charge >= 0.3 is 0 Å². The lowest BCUT2D eigenvalue weighted by Crippen LogP contribution is -2.51. The number of hydrogen-bond acceptors (Lipinski definition) is 4. The fourth-order valence-electron chi connectivity index (χ4n) is 1.91. The molecule has 0 aromatic heterocycles. The fourth-order valence-corrected chi connectivity index (χ4v) is 1.91. The lowest BCUT2D eigenvalue weighted by molar-refractivity contribution is -0.0571. The quantitative estimate of drug-likeness (QED) is 0.729. The van der Waals surface area contributed by atoms with Gasteiger partial charge in [-0.2, -0.15) is 0 Å². The first-order valence-corrected chi connectivity index (χ1v) is 5.10. The van der Waals surface area contributed by atoms with Crippen molar-refractivity contribution in [3.8, 4) is 5.75 Å². The molecule has 1 aliphatic heterocycles. The van der Waals surface area contributed by atoms with E-state index in [1.807, 2.05) is 0 Å². The summed E-state index contributed by atoms with van der Waals surface area (Å²) in [7, 11) is 0. The molecule has 2 rings (SSSR count). The van der Waals surface area contributed by atoms with Gasteiger partial charge in [-0.3, -0.25) is 4.79 Å². The van der Waals surface area contributed by atoms with Gasteiger partial charge in [0.2, 0.25) is 6.29 Å². The highest BCUT2D eigenvalue weighted by atomic mass is 16.5. The van der Waals surface area contributed by atoms with Crippen LogP contribution in [0.2, 0.25) is 0 Å². The van der Waals surface area contributed by atoms with Crippen molar-refractivity contribution in [3.05, 3.63) is 29.3 Å². The van der Waals surface area contributed by atoms with Crippen molar-refractivity contribution in [1.82, 2.24) is 0 Å². The molecule has 1 aromatic rings. The van der Waals surface area contributed by atoms with Gasteiger partial charge < -0.3 is 15.6 Å². The van der Waals surface area contributed by atoms with E-state index in [1.165, 1.54) is 0 Å². The van der Waals surface area contributed by atoms with Crippen LogP contribution in [0.25, 0.3) is 0 Å². The number of benzene rings is 1. The Hall–Kier alpha value is -1.39. The molecule has 0 amide bonds. The summed E-state index contributed by atoms with van der Waals surface area (Å²) in [5.74, 6) is 0.613. The van der Waals surface area contributed by atoms with Crippen molar-refractivity contribution in [2.24, 2.45) is 5.73 Å². The van der Waals surface area contributed by atoms with Crippen LogP contribution in [-0.2, 0) is 4.79 Å². The first kappa shape index (κ1) is 11.1. The molecule has 4 heteroatoms. The standard InChI is InChI=1S/C12H14NO3/c1-12(2)11(15)10(13)8-5-7(6-14)3-4-9(8)16-12/h3-5,10-11,15H,13H2,1-2H3/t10-,11+/m0/s1. The minimum absolute atomic E-state index is 0.407. The number of ether oxygens (including phenoxy) is 1. The number of rotatable bonds is 1. The molecule has 85 valence electrons. The van der Waals surface area contributed by atoms with Crippen molar-refractivity contribution in [2.45, 2.75) is 31.6 Å². The van der Waals surface area contributed by atoms with E-state index in [9.17, 15) is 9.90 Å². The molecule has 0 aliphatic carbocycles. The zero-order chi connectivity index (χ0) is 11.9. The van der Waals surface area contributed by atoms with Gasteiger partial charge in [-0.05, 0) is 32.0 Å². The van der Waals surface area contributed by atoms with Crippen LogP contribution in [0.15, 0.2) is 18.2 Å². The average molecular weight is 220 g/mol. The molecule has 0 spiro atoms. The van der Waals surface area contributed by atoms with Gasteiger partial charge in [0.1, 0.15) is 17.5 Å². The second-order valence-corrected chi connectivity index (χ2v) is 4.53.